The molecule has 3 aromatic heterocycles. The number of amides is 1. The molecule has 174 valence electrons. The zero-order valence-electron chi connectivity index (χ0n) is 18.6. The summed E-state index contributed by atoms with van der Waals surface area (Å²) in [5, 5.41) is 32.6. The van der Waals surface area contributed by atoms with E-state index in [-0.39, 0.29) is 5.69 Å². The van der Waals surface area contributed by atoms with Gasteiger partial charge in [0.1, 0.15) is 5.69 Å². The molecule has 0 bridgehead atoms. The van der Waals surface area contributed by atoms with E-state index in [0.29, 0.717) is 22.8 Å². The fourth-order valence-corrected chi connectivity index (χ4v) is 3.96. The number of benzene rings is 1. The number of carbonyl (C=O) groups is 1. The molecule has 3 heterocycles. The van der Waals surface area contributed by atoms with Gasteiger partial charge >= 0.3 is 0 Å². The Morgan fingerprint density at radius 2 is 1.88 bits per heavy atom. The molecule has 1 amide bonds. The number of nitrogens with zero attached hydrogens (tertiary/aromatic N) is 3. The lowest BCUT2D eigenvalue weighted by molar-refractivity contribution is 0.0989. The number of fused-ring (bicyclic) bond motifs is 1. The Kier molecular flexibility index (Phi) is 5.54. The van der Waals surface area contributed by atoms with Crippen molar-refractivity contribution >= 4 is 22.6 Å². The van der Waals surface area contributed by atoms with Gasteiger partial charge < -0.3 is 30.5 Å². The van der Waals surface area contributed by atoms with Crippen LogP contribution >= 0.6 is 0 Å². The SMILES string of the molecule is CN(C(=O)c1cc2nc(-c3ccnc(CNC4CCC4)c3)ccc2[nH]1)c1cc(O)c(O)c(O)c1. The number of carbonyl (C=O) groups excluding carboxylic acids is 1. The number of aromatic nitrogens is 3. The van der Waals surface area contributed by atoms with Gasteiger partial charge in [-0.15, -0.1) is 0 Å². The zero-order valence-corrected chi connectivity index (χ0v) is 18.6. The van der Waals surface area contributed by atoms with Gasteiger partial charge in [0.25, 0.3) is 5.91 Å². The lowest BCUT2D eigenvalue weighted by Crippen LogP contribution is -2.34. The standard InChI is InChI=1S/C25H25N5O4/c1-30(17-10-22(31)24(33)23(32)11-17)25(34)21-12-20-19(29-21)6-5-18(28-20)14-7-8-26-16(9-14)13-27-15-3-2-4-15/h5-12,15,27,29,31-33H,2-4,13H2,1H3. The van der Waals surface area contributed by atoms with E-state index in [2.05, 4.69) is 15.3 Å². The number of hydrogen-bond donors (Lipinski definition) is 5. The van der Waals surface area contributed by atoms with Gasteiger partial charge in [-0.25, -0.2) is 4.98 Å². The topological polar surface area (TPSA) is 135 Å². The first-order valence-corrected chi connectivity index (χ1v) is 11.1. The third kappa shape index (κ3) is 4.13. The van der Waals surface area contributed by atoms with Crippen LogP contribution in [0.3, 0.4) is 0 Å². The van der Waals surface area contributed by atoms with E-state index in [9.17, 15) is 20.1 Å². The number of anilines is 1. The van der Waals surface area contributed by atoms with Crippen LogP contribution in [0.4, 0.5) is 5.69 Å². The number of pyridine rings is 2. The van der Waals surface area contributed by atoms with Gasteiger partial charge in [0.15, 0.2) is 17.2 Å². The van der Waals surface area contributed by atoms with Gasteiger partial charge in [0.05, 0.1) is 28.1 Å². The first-order chi connectivity index (χ1) is 16.4. The third-order valence-electron chi connectivity index (χ3n) is 6.24. The molecule has 9 heteroatoms. The van der Waals surface area contributed by atoms with E-state index in [1.54, 1.807) is 12.3 Å². The van der Waals surface area contributed by atoms with Crippen molar-refractivity contribution in [1.82, 2.24) is 20.3 Å². The molecule has 1 aliphatic rings. The number of phenolic OH excluding ortho intramolecular Hbond substituents is 3. The number of aromatic hydroxyl groups is 3. The molecule has 1 fully saturated rings. The molecule has 5 N–H and O–H groups in total. The summed E-state index contributed by atoms with van der Waals surface area (Å²) in [5.41, 5.74) is 4.55. The summed E-state index contributed by atoms with van der Waals surface area (Å²) >= 11 is 0. The van der Waals surface area contributed by atoms with E-state index < -0.39 is 23.2 Å². The van der Waals surface area contributed by atoms with Crippen molar-refractivity contribution < 1.29 is 20.1 Å². The highest BCUT2D eigenvalue weighted by molar-refractivity contribution is 6.07. The molecule has 4 aromatic rings. The minimum Gasteiger partial charge on any atom is -0.504 e. The van der Waals surface area contributed by atoms with Crippen LogP contribution in [0.25, 0.3) is 22.3 Å². The lowest BCUT2D eigenvalue weighted by Gasteiger charge is -2.26. The molecule has 0 spiro atoms. The lowest BCUT2D eigenvalue weighted by atomic mass is 9.93. The van der Waals surface area contributed by atoms with Gasteiger partial charge in [-0.3, -0.25) is 9.78 Å². The predicted molar refractivity (Wildman–Crippen MR) is 128 cm³/mol. The first-order valence-electron chi connectivity index (χ1n) is 11.1. The molecule has 0 radical (unpaired) electrons. The maximum Gasteiger partial charge on any atom is 0.274 e. The molecule has 1 aromatic carbocycles. The average molecular weight is 460 g/mol. The summed E-state index contributed by atoms with van der Waals surface area (Å²) in [7, 11) is 1.51. The molecule has 0 saturated heterocycles. The number of rotatable bonds is 6. The van der Waals surface area contributed by atoms with Crippen molar-refractivity contribution in [3.05, 3.63) is 60.0 Å². The molecule has 0 aliphatic heterocycles. The highest BCUT2D eigenvalue weighted by Crippen LogP contribution is 2.38. The maximum atomic E-state index is 13.0. The van der Waals surface area contributed by atoms with Crippen LogP contribution in [-0.2, 0) is 6.54 Å². The Morgan fingerprint density at radius 3 is 2.59 bits per heavy atom. The van der Waals surface area contributed by atoms with Crippen LogP contribution < -0.4 is 10.2 Å². The van der Waals surface area contributed by atoms with Crippen LogP contribution in [0.1, 0.15) is 35.4 Å². The molecule has 5 rings (SSSR count). The molecule has 34 heavy (non-hydrogen) atoms. The predicted octanol–water partition coefficient (Wildman–Crippen LogP) is 3.66. The largest absolute Gasteiger partial charge is 0.504 e. The Labute approximate surface area is 195 Å². The van der Waals surface area contributed by atoms with Gasteiger partial charge in [0, 0.05) is 43.5 Å². The number of nitrogens with one attached hydrogen (secondary N) is 2. The molecule has 9 nitrogen and oxygen atoms in total. The summed E-state index contributed by atoms with van der Waals surface area (Å²) in [4.78, 5) is 26.5. The minimum absolute atomic E-state index is 0.227. The monoisotopic (exact) mass is 459 g/mol. The van der Waals surface area contributed by atoms with E-state index >= 15 is 0 Å². The number of aromatic amines is 1. The highest BCUT2D eigenvalue weighted by Gasteiger charge is 2.20. The Morgan fingerprint density at radius 1 is 1.12 bits per heavy atom. The number of H-pyrrole nitrogens is 1. The molecule has 1 aliphatic carbocycles. The molecular weight excluding hydrogens is 434 g/mol. The zero-order chi connectivity index (χ0) is 23.8. The number of hydrogen-bond acceptors (Lipinski definition) is 7. The second kappa shape index (κ2) is 8.68. The van der Waals surface area contributed by atoms with Gasteiger partial charge in [-0.2, -0.15) is 0 Å². The van der Waals surface area contributed by atoms with E-state index in [1.807, 2.05) is 24.3 Å². The van der Waals surface area contributed by atoms with Gasteiger partial charge in [-0.05, 0) is 43.2 Å². The Bertz CT molecular complexity index is 1360. The van der Waals surface area contributed by atoms with Crippen molar-refractivity contribution in [2.45, 2.75) is 31.8 Å². The van der Waals surface area contributed by atoms with Crippen molar-refractivity contribution in [3.63, 3.8) is 0 Å². The minimum atomic E-state index is -0.634. The Hall–Kier alpha value is -4.11. The van der Waals surface area contributed by atoms with E-state index in [1.165, 1.54) is 43.3 Å². The summed E-state index contributed by atoms with van der Waals surface area (Å²) < 4.78 is 0. The quantitative estimate of drug-likeness (QED) is 0.278. The molecule has 1 saturated carbocycles. The first kappa shape index (κ1) is 21.7. The third-order valence-corrected chi connectivity index (χ3v) is 6.24. The van der Waals surface area contributed by atoms with Crippen molar-refractivity contribution in [2.75, 3.05) is 11.9 Å². The summed E-state index contributed by atoms with van der Waals surface area (Å²) in [6.07, 6.45) is 5.50. The fraction of sp³-hybridized carbons (Fsp3) is 0.240. The van der Waals surface area contributed by atoms with Crippen LogP contribution in [0.15, 0.2) is 48.7 Å². The molecule has 0 unspecified atom stereocenters. The number of phenols is 3. The fourth-order valence-electron chi connectivity index (χ4n) is 3.96. The highest BCUT2D eigenvalue weighted by atomic mass is 16.3. The van der Waals surface area contributed by atoms with Crippen LogP contribution in [0.2, 0.25) is 0 Å². The Balaban J connectivity index is 1.38. The second-order valence-electron chi connectivity index (χ2n) is 8.55. The van der Waals surface area contributed by atoms with Gasteiger partial charge in [-0.1, -0.05) is 6.42 Å². The average Bonchev–Trinajstić information content (AvgIpc) is 3.24. The normalized spacial score (nSPS) is 13.7. The smallest absolute Gasteiger partial charge is 0.274 e. The second-order valence-corrected chi connectivity index (χ2v) is 8.55. The van der Waals surface area contributed by atoms with Crippen LogP contribution in [-0.4, -0.2) is 49.3 Å². The van der Waals surface area contributed by atoms with Crippen LogP contribution in [0.5, 0.6) is 17.2 Å². The van der Waals surface area contributed by atoms with E-state index in [0.717, 1.165) is 23.5 Å². The molecular formula is C25H25N5O4. The maximum absolute atomic E-state index is 13.0. The summed E-state index contributed by atoms with van der Waals surface area (Å²) in [5.74, 6) is -2.06. The van der Waals surface area contributed by atoms with E-state index in [4.69, 9.17) is 4.98 Å². The van der Waals surface area contributed by atoms with Crippen molar-refractivity contribution in [1.29, 1.82) is 0 Å². The van der Waals surface area contributed by atoms with Crippen molar-refractivity contribution in [2.24, 2.45) is 0 Å². The molecule has 0 atom stereocenters. The van der Waals surface area contributed by atoms with Crippen LogP contribution in [0, 0.1) is 0 Å². The van der Waals surface area contributed by atoms with Crippen molar-refractivity contribution in [3.8, 4) is 28.5 Å². The summed E-state index contributed by atoms with van der Waals surface area (Å²) in [6, 6.07) is 12.4. The summed E-state index contributed by atoms with van der Waals surface area (Å²) in [6.45, 7) is 0.720. The van der Waals surface area contributed by atoms with Gasteiger partial charge in [0.2, 0.25) is 0 Å².